The van der Waals surface area contributed by atoms with Crippen molar-refractivity contribution in [1.82, 2.24) is 4.90 Å². The Bertz CT molecular complexity index is 768. The second-order valence-corrected chi connectivity index (χ2v) is 6.89. The number of benzene rings is 2. The topological polar surface area (TPSA) is 53.0 Å². The van der Waals surface area contributed by atoms with E-state index in [0.717, 1.165) is 17.0 Å². The molecule has 2 aromatic rings. The molecule has 1 fully saturated rings. The Morgan fingerprint density at radius 2 is 2.04 bits per heavy atom. The summed E-state index contributed by atoms with van der Waals surface area (Å²) in [4.78, 5) is 16.6. The van der Waals surface area contributed by atoms with Crippen molar-refractivity contribution in [1.29, 1.82) is 0 Å². The molecule has 0 aliphatic carbocycles. The molecule has 0 radical (unpaired) electrons. The fourth-order valence-electron chi connectivity index (χ4n) is 3.13. The van der Waals surface area contributed by atoms with E-state index in [9.17, 15) is 4.79 Å². The fourth-order valence-corrected chi connectivity index (χ4v) is 3.32. The molecule has 1 aliphatic heterocycles. The molecular weight excluding hydrogens is 352 g/mol. The van der Waals surface area contributed by atoms with Gasteiger partial charge in [-0.15, -0.1) is 0 Å². The van der Waals surface area contributed by atoms with Gasteiger partial charge in [0.05, 0.1) is 13.2 Å². The number of hydrogen-bond donors (Lipinski definition) is 1. The van der Waals surface area contributed by atoms with E-state index in [-0.39, 0.29) is 25.2 Å². The summed E-state index contributed by atoms with van der Waals surface area (Å²) in [5.74, 6) is 0.797. The van der Waals surface area contributed by atoms with Gasteiger partial charge in [0.2, 0.25) is 5.91 Å². The van der Waals surface area contributed by atoms with Crippen molar-refractivity contribution in [3.05, 3.63) is 59.1 Å². The minimum Gasteiger partial charge on any atom is -0.491 e. The van der Waals surface area contributed by atoms with E-state index in [1.54, 1.807) is 11.0 Å². The van der Waals surface area contributed by atoms with Crippen molar-refractivity contribution in [3.8, 4) is 5.75 Å². The molecule has 1 N–H and O–H groups in total. The van der Waals surface area contributed by atoms with Crippen LogP contribution in [0.25, 0.3) is 0 Å². The number of aliphatic hydroxyl groups excluding tert-OH is 1. The van der Waals surface area contributed by atoms with Crippen LogP contribution < -0.4 is 9.64 Å². The van der Waals surface area contributed by atoms with E-state index in [1.807, 2.05) is 42.5 Å². The lowest BCUT2D eigenvalue weighted by Gasteiger charge is -2.39. The van der Waals surface area contributed by atoms with Gasteiger partial charge < -0.3 is 14.7 Å². The van der Waals surface area contributed by atoms with Crippen LogP contribution in [0.1, 0.15) is 12.5 Å². The van der Waals surface area contributed by atoms with Gasteiger partial charge in [0, 0.05) is 29.8 Å². The van der Waals surface area contributed by atoms with E-state index in [0.29, 0.717) is 24.7 Å². The molecule has 3 rings (SSSR count). The van der Waals surface area contributed by atoms with Crippen LogP contribution in [0.15, 0.2) is 48.5 Å². The maximum absolute atomic E-state index is 12.6. The van der Waals surface area contributed by atoms with Crippen LogP contribution in [0, 0.1) is 0 Å². The molecule has 0 saturated carbocycles. The monoisotopic (exact) mass is 374 g/mol. The van der Waals surface area contributed by atoms with Crippen LogP contribution >= 0.6 is 11.6 Å². The number of carbonyl (C=O) groups excluding carboxylic acids is 1. The minimum atomic E-state index is -0.0127. The summed E-state index contributed by atoms with van der Waals surface area (Å²) in [6.45, 7) is 4.04. The normalized spacial score (nSPS) is 18.2. The summed E-state index contributed by atoms with van der Waals surface area (Å²) in [5.41, 5.74) is 1.92. The van der Waals surface area contributed by atoms with Crippen molar-refractivity contribution in [2.75, 3.05) is 31.2 Å². The number of ether oxygens (including phenoxy) is 1. The molecule has 1 atom stereocenters. The molecule has 1 unspecified atom stereocenters. The minimum absolute atomic E-state index is 0.0127. The predicted molar refractivity (Wildman–Crippen MR) is 103 cm³/mol. The lowest BCUT2D eigenvalue weighted by atomic mass is 10.1. The smallest absolute Gasteiger partial charge is 0.241 e. The molecule has 0 bridgehead atoms. The molecule has 5 nitrogen and oxygen atoms in total. The highest BCUT2D eigenvalue weighted by molar-refractivity contribution is 6.30. The molecule has 1 heterocycles. The highest BCUT2D eigenvalue weighted by Crippen LogP contribution is 2.24. The van der Waals surface area contributed by atoms with Crippen molar-refractivity contribution in [2.24, 2.45) is 0 Å². The van der Waals surface area contributed by atoms with E-state index >= 15 is 0 Å². The molecule has 0 aromatic heterocycles. The average Bonchev–Trinajstić information content (AvgIpc) is 2.63. The quantitative estimate of drug-likeness (QED) is 0.844. The predicted octanol–water partition coefficient (Wildman–Crippen LogP) is 2.95. The molecular formula is C20H23ClN2O3. The zero-order chi connectivity index (χ0) is 18.5. The lowest BCUT2D eigenvalue weighted by molar-refractivity contribution is -0.122. The third kappa shape index (κ3) is 4.55. The first-order valence-corrected chi connectivity index (χ1v) is 9.07. The average molecular weight is 375 g/mol. The number of aliphatic hydroxyl groups is 1. The Kier molecular flexibility index (Phi) is 6.14. The van der Waals surface area contributed by atoms with Gasteiger partial charge in [-0.25, -0.2) is 0 Å². The molecule has 2 aromatic carbocycles. The standard InChI is InChI=1S/C20H23ClN2O3/c1-15-12-23(18-6-3-5-17(21)11-18)20(25)14-22(15)13-16-4-2-7-19(10-16)26-9-8-24/h2-7,10-11,15,24H,8-9,12-14H2,1H3. The number of hydrogen-bond acceptors (Lipinski definition) is 4. The van der Waals surface area contributed by atoms with Gasteiger partial charge in [0.15, 0.2) is 0 Å². The van der Waals surface area contributed by atoms with Crippen LogP contribution in [0.3, 0.4) is 0 Å². The van der Waals surface area contributed by atoms with E-state index in [1.165, 1.54) is 0 Å². The Balaban J connectivity index is 1.67. The molecule has 1 amide bonds. The Morgan fingerprint density at radius 1 is 1.23 bits per heavy atom. The first kappa shape index (κ1) is 18.7. The number of nitrogens with zero attached hydrogens (tertiary/aromatic N) is 2. The zero-order valence-corrected chi connectivity index (χ0v) is 15.5. The summed E-state index contributed by atoms with van der Waals surface area (Å²) in [6.07, 6.45) is 0. The zero-order valence-electron chi connectivity index (χ0n) is 14.8. The van der Waals surface area contributed by atoms with E-state index in [2.05, 4.69) is 11.8 Å². The molecule has 1 aliphatic rings. The number of anilines is 1. The fraction of sp³-hybridized carbons (Fsp3) is 0.350. The number of halogens is 1. The van der Waals surface area contributed by atoms with Gasteiger partial charge in [0.1, 0.15) is 12.4 Å². The third-order valence-corrected chi connectivity index (χ3v) is 4.71. The summed E-state index contributed by atoms with van der Waals surface area (Å²) in [6, 6.07) is 15.4. The lowest BCUT2D eigenvalue weighted by Crippen LogP contribution is -2.54. The second-order valence-electron chi connectivity index (χ2n) is 6.46. The molecule has 0 spiro atoms. The van der Waals surface area contributed by atoms with Gasteiger partial charge in [-0.05, 0) is 42.8 Å². The summed E-state index contributed by atoms with van der Waals surface area (Å²) < 4.78 is 5.46. The third-order valence-electron chi connectivity index (χ3n) is 4.47. The maximum atomic E-state index is 12.6. The summed E-state index contributed by atoms with van der Waals surface area (Å²) >= 11 is 6.06. The van der Waals surface area contributed by atoms with Gasteiger partial charge in [-0.2, -0.15) is 0 Å². The molecule has 1 saturated heterocycles. The first-order valence-electron chi connectivity index (χ1n) is 8.69. The largest absolute Gasteiger partial charge is 0.491 e. The molecule has 6 heteroatoms. The number of piperazine rings is 1. The number of amides is 1. The van der Waals surface area contributed by atoms with Gasteiger partial charge in [0.25, 0.3) is 0 Å². The van der Waals surface area contributed by atoms with Crippen LogP contribution in [0.4, 0.5) is 5.69 Å². The molecule has 26 heavy (non-hydrogen) atoms. The van der Waals surface area contributed by atoms with Crippen molar-refractivity contribution >= 4 is 23.2 Å². The van der Waals surface area contributed by atoms with Crippen LogP contribution in [-0.4, -0.2) is 48.3 Å². The van der Waals surface area contributed by atoms with Gasteiger partial charge in [-0.3, -0.25) is 9.69 Å². The Labute approximate surface area is 158 Å². The van der Waals surface area contributed by atoms with E-state index in [4.69, 9.17) is 21.4 Å². The van der Waals surface area contributed by atoms with Crippen molar-refractivity contribution in [3.63, 3.8) is 0 Å². The first-order chi connectivity index (χ1) is 12.6. The van der Waals surface area contributed by atoms with Gasteiger partial charge >= 0.3 is 0 Å². The van der Waals surface area contributed by atoms with Crippen LogP contribution in [0.2, 0.25) is 5.02 Å². The summed E-state index contributed by atoms with van der Waals surface area (Å²) in [5, 5.41) is 9.50. The Morgan fingerprint density at radius 3 is 2.81 bits per heavy atom. The van der Waals surface area contributed by atoms with Gasteiger partial charge in [-0.1, -0.05) is 29.8 Å². The van der Waals surface area contributed by atoms with E-state index < -0.39 is 0 Å². The van der Waals surface area contributed by atoms with Crippen molar-refractivity contribution in [2.45, 2.75) is 19.5 Å². The highest BCUT2D eigenvalue weighted by Gasteiger charge is 2.30. The number of carbonyl (C=O) groups is 1. The van der Waals surface area contributed by atoms with Crippen LogP contribution in [0.5, 0.6) is 5.75 Å². The second kappa shape index (κ2) is 8.54. The Hall–Kier alpha value is -2.08. The SMILES string of the molecule is CC1CN(c2cccc(Cl)c2)C(=O)CN1Cc1cccc(OCCO)c1. The van der Waals surface area contributed by atoms with Crippen molar-refractivity contribution < 1.29 is 14.6 Å². The maximum Gasteiger partial charge on any atom is 0.241 e. The highest BCUT2D eigenvalue weighted by atomic mass is 35.5. The molecule has 138 valence electrons. The summed E-state index contributed by atoms with van der Waals surface area (Å²) in [7, 11) is 0. The van der Waals surface area contributed by atoms with Crippen LogP contribution in [-0.2, 0) is 11.3 Å². The number of rotatable bonds is 6.